The molecule has 0 saturated heterocycles. The maximum Gasteiger partial charge on any atom is 0.173 e. The molecule has 1 N–H and O–H groups in total. The van der Waals surface area contributed by atoms with E-state index in [1.165, 1.54) is 0 Å². The number of ether oxygens (including phenoxy) is 2. The van der Waals surface area contributed by atoms with Crippen molar-refractivity contribution in [2.45, 2.75) is 9.79 Å². The Labute approximate surface area is 135 Å². The van der Waals surface area contributed by atoms with E-state index >= 15 is 0 Å². The molecule has 0 saturated carbocycles. The topological polar surface area (TPSA) is 41.9 Å². The van der Waals surface area contributed by atoms with Gasteiger partial charge in [-0.15, -0.1) is 0 Å². The third-order valence-electron chi connectivity index (χ3n) is 3.46. The second-order valence-corrected chi connectivity index (χ2v) is 6.43. The Morgan fingerprint density at radius 3 is 2.57 bits per heavy atom. The number of hydrogen-bond donors (Lipinski definition) is 1. The number of aromatic hydroxyl groups is 1. The largest absolute Gasteiger partial charge is 0.503 e. The van der Waals surface area contributed by atoms with Crippen LogP contribution in [0.25, 0.3) is 0 Å². The lowest BCUT2D eigenvalue weighted by atomic mass is 10.2. The Bertz CT molecular complexity index is 721. The molecule has 0 amide bonds. The van der Waals surface area contributed by atoms with Gasteiger partial charge in [0.25, 0.3) is 0 Å². The molecular formula is C15H14BrNO3S. The Balaban J connectivity index is 2.18. The molecule has 0 radical (unpaired) electrons. The molecule has 21 heavy (non-hydrogen) atoms. The van der Waals surface area contributed by atoms with Gasteiger partial charge in [0.1, 0.15) is 5.75 Å². The van der Waals surface area contributed by atoms with Gasteiger partial charge in [0.15, 0.2) is 11.5 Å². The summed E-state index contributed by atoms with van der Waals surface area (Å²) in [7, 11) is 5.19. The van der Waals surface area contributed by atoms with Gasteiger partial charge in [-0.3, -0.25) is 0 Å². The second-order valence-electron chi connectivity index (χ2n) is 4.58. The minimum absolute atomic E-state index is 0.114. The van der Waals surface area contributed by atoms with Gasteiger partial charge < -0.3 is 19.5 Å². The summed E-state index contributed by atoms with van der Waals surface area (Å²) in [6, 6.07) is 7.80. The van der Waals surface area contributed by atoms with E-state index in [1.807, 2.05) is 31.3 Å². The SMILES string of the molecule is COc1ccc2c(c1)Sc1c(cc(OC)c(O)c1Br)N2C. The third kappa shape index (κ3) is 2.22. The maximum atomic E-state index is 10.2. The number of anilines is 2. The quantitative estimate of drug-likeness (QED) is 0.851. The van der Waals surface area contributed by atoms with E-state index in [0.29, 0.717) is 10.2 Å². The molecule has 0 aliphatic carbocycles. The first-order valence-corrected chi connectivity index (χ1v) is 7.86. The van der Waals surface area contributed by atoms with Crippen molar-refractivity contribution in [1.29, 1.82) is 0 Å². The summed E-state index contributed by atoms with van der Waals surface area (Å²) >= 11 is 5.06. The summed E-state index contributed by atoms with van der Waals surface area (Å²) in [5.41, 5.74) is 2.08. The van der Waals surface area contributed by atoms with Crippen LogP contribution in [0.15, 0.2) is 38.5 Å². The summed E-state index contributed by atoms with van der Waals surface area (Å²) in [5.74, 6) is 1.38. The maximum absolute atomic E-state index is 10.2. The first-order chi connectivity index (χ1) is 10.1. The van der Waals surface area contributed by atoms with Gasteiger partial charge in [0.05, 0.1) is 35.0 Å². The van der Waals surface area contributed by atoms with Crippen LogP contribution in [0.5, 0.6) is 17.2 Å². The lowest BCUT2D eigenvalue weighted by Gasteiger charge is -2.31. The van der Waals surface area contributed by atoms with E-state index in [-0.39, 0.29) is 5.75 Å². The van der Waals surface area contributed by atoms with Gasteiger partial charge in [-0.25, -0.2) is 0 Å². The highest BCUT2D eigenvalue weighted by Gasteiger charge is 2.26. The van der Waals surface area contributed by atoms with Crippen molar-refractivity contribution in [3.8, 4) is 17.2 Å². The standard InChI is InChI=1S/C15H14BrNO3S/c1-17-9-5-4-8(19-2)6-12(9)21-15-10(17)7-11(20-3)14(18)13(15)16/h4-7,18H,1-3H3. The van der Waals surface area contributed by atoms with Crippen molar-refractivity contribution in [1.82, 2.24) is 0 Å². The van der Waals surface area contributed by atoms with Gasteiger partial charge in [0, 0.05) is 18.0 Å². The number of hydrogen-bond acceptors (Lipinski definition) is 5. The fourth-order valence-corrected chi connectivity index (χ4v) is 4.14. The molecule has 4 nitrogen and oxygen atoms in total. The zero-order valence-corrected chi connectivity index (χ0v) is 14.2. The third-order valence-corrected chi connectivity index (χ3v) is 5.66. The molecule has 0 fully saturated rings. The summed E-state index contributed by atoms with van der Waals surface area (Å²) < 4.78 is 11.2. The van der Waals surface area contributed by atoms with Crippen molar-refractivity contribution < 1.29 is 14.6 Å². The van der Waals surface area contributed by atoms with Gasteiger partial charge in [0.2, 0.25) is 0 Å². The van der Waals surface area contributed by atoms with Gasteiger partial charge in [-0.1, -0.05) is 11.8 Å². The number of methoxy groups -OCH3 is 2. The summed E-state index contributed by atoms with van der Waals surface area (Å²) in [6.07, 6.45) is 0. The molecule has 0 spiro atoms. The molecule has 0 aromatic heterocycles. The predicted molar refractivity (Wildman–Crippen MR) is 87.5 cm³/mol. The van der Waals surface area contributed by atoms with Crippen LogP contribution in [0.2, 0.25) is 0 Å². The highest BCUT2D eigenvalue weighted by Crippen LogP contribution is 2.55. The Morgan fingerprint density at radius 2 is 1.90 bits per heavy atom. The van der Waals surface area contributed by atoms with Crippen LogP contribution in [0.3, 0.4) is 0 Å². The number of benzene rings is 2. The number of fused-ring (bicyclic) bond motifs is 2. The first-order valence-electron chi connectivity index (χ1n) is 6.26. The number of phenols is 1. The zero-order valence-electron chi connectivity index (χ0n) is 11.8. The van der Waals surface area contributed by atoms with E-state index in [1.54, 1.807) is 26.0 Å². The van der Waals surface area contributed by atoms with Crippen molar-refractivity contribution >= 4 is 39.1 Å². The molecular weight excluding hydrogens is 354 g/mol. The van der Waals surface area contributed by atoms with E-state index < -0.39 is 0 Å². The minimum Gasteiger partial charge on any atom is -0.503 e. The highest BCUT2D eigenvalue weighted by atomic mass is 79.9. The fraction of sp³-hybridized carbons (Fsp3) is 0.200. The van der Waals surface area contributed by atoms with Crippen molar-refractivity contribution in [2.75, 3.05) is 26.2 Å². The van der Waals surface area contributed by atoms with Crippen LogP contribution >= 0.6 is 27.7 Å². The Hall–Kier alpha value is -1.53. The average molecular weight is 368 g/mol. The smallest absolute Gasteiger partial charge is 0.173 e. The second kappa shape index (κ2) is 5.35. The number of rotatable bonds is 2. The monoisotopic (exact) mass is 367 g/mol. The lowest BCUT2D eigenvalue weighted by molar-refractivity contribution is 0.371. The fourth-order valence-electron chi connectivity index (χ4n) is 2.31. The summed E-state index contributed by atoms with van der Waals surface area (Å²) in [6.45, 7) is 0. The van der Waals surface area contributed by atoms with Gasteiger partial charge in [-0.2, -0.15) is 0 Å². The molecule has 0 bridgehead atoms. The zero-order chi connectivity index (χ0) is 15.1. The molecule has 110 valence electrons. The minimum atomic E-state index is 0.114. The molecule has 2 aromatic carbocycles. The van der Waals surface area contributed by atoms with Crippen LogP contribution in [-0.4, -0.2) is 26.4 Å². The summed E-state index contributed by atoms with van der Waals surface area (Å²) in [4.78, 5) is 4.11. The van der Waals surface area contributed by atoms with Crippen LogP contribution in [0, 0.1) is 0 Å². The Kier molecular flexibility index (Phi) is 3.67. The molecule has 0 unspecified atom stereocenters. The summed E-state index contributed by atoms with van der Waals surface area (Å²) in [5, 5.41) is 10.2. The van der Waals surface area contributed by atoms with Crippen LogP contribution < -0.4 is 14.4 Å². The number of halogens is 1. The predicted octanol–water partition coefficient (Wildman–Crippen LogP) is 4.40. The molecule has 2 aromatic rings. The number of nitrogens with zero attached hydrogens (tertiary/aromatic N) is 1. The molecule has 1 aliphatic rings. The molecule has 6 heteroatoms. The Morgan fingerprint density at radius 1 is 1.14 bits per heavy atom. The van der Waals surface area contributed by atoms with E-state index in [0.717, 1.165) is 26.9 Å². The average Bonchev–Trinajstić information content (AvgIpc) is 2.51. The molecule has 0 atom stereocenters. The van der Waals surface area contributed by atoms with Crippen LogP contribution in [0.4, 0.5) is 11.4 Å². The van der Waals surface area contributed by atoms with Crippen LogP contribution in [0.1, 0.15) is 0 Å². The van der Waals surface area contributed by atoms with Crippen molar-refractivity contribution in [3.63, 3.8) is 0 Å². The van der Waals surface area contributed by atoms with Gasteiger partial charge >= 0.3 is 0 Å². The van der Waals surface area contributed by atoms with Crippen molar-refractivity contribution in [2.24, 2.45) is 0 Å². The molecule has 3 rings (SSSR count). The normalized spacial score (nSPS) is 12.7. The van der Waals surface area contributed by atoms with Gasteiger partial charge in [-0.05, 0) is 34.1 Å². The first kappa shape index (κ1) is 14.4. The number of phenolic OH excluding ortho intramolecular Hbond substituents is 1. The van der Waals surface area contributed by atoms with E-state index in [9.17, 15) is 5.11 Å². The van der Waals surface area contributed by atoms with Crippen LogP contribution in [-0.2, 0) is 0 Å². The highest BCUT2D eigenvalue weighted by molar-refractivity contribution is 9.10. The molecule has 1 heterocycles. The van der Waals surface area contributed by atoms with E-state index in [2.05, 4.69) is 20.8 Å². The van der Waals surface area contributed by atoms with Crippen molar-refractivity contribution in [3.05, 3.63) is 28.7 Å². The molecule has 1 aliphatic heterocycles. The van der Waals surface area contributed by atoms with E-state index in [4.69, 9.17) is 9.47 Å². The lowest BCUT2D eigenvalue weighted by Crippen LogP contribution is -2.15.